The van der Waals surface area contributed by atoms with Gasteiger partial charge in [-0.2, -0.15) is 0 Å². The number of ether oxygens (including phenoxy) is 1. The Hall–Kier alpha value is -1.64. The molecule has 6 N–H and O–H groups in total. The number of fused-ring (bicyclic) bond motifs is 1. The van der Waals surface area contributed by atoms with Gasteiger partial charge in [0.05, 0.1) is 11.5 Å². The molecule has 0 saturated carbocycles. The van der Waals surface area contributed by atoms with Crippen LogP contribution >= 0.6 is 7.82 Å². The van der Waals surface area contributed by atoms with Gasteiger partial charge >= 0.3 is 7.82 Å². The van der Waals surface area contributed by atoms with E-state index in [-0.39, 0.29) is 4.90 Å². The van der Waals surface area contributed by atoms with Crippen LogP contribution in [0.5, 0.6) is 0 Å². The number of rotatable bonds is 7. The van der Waals surface area contributed by atoms with E-state index in [1.54, 1.807) is 43.3 Å². The molecule has 2 aromatic carbocycles. The normalized spacial score (nSPS) is 26.9. The summed E-state index contributed by atoms with van der Waals surface area (Å²) in [5.74, 6) is 0. The molecule has 1 aliphatic heterocycles. The highest BCUT2D eigenvalue weighted by Gasteiger charge is 2.48. The molecule has 0 radical (unpaired) electrons. The first-order valence-corrected chi connectivity index (χ1v) is 12.4. The number of aliphatic hydroxyl groups is 3. The molecule has 178 valence electrons. The minimum Gasteiger partial charge on any atom is -0.394 e. The molecule has 12 nitrogen and oxygen atoms in total. The number of nitrogens with one attached hydrogen (secondary N) is 1. The van der Waals surface area contributed by atoms with Crippen molar-refractivity contribution in [1.29, 1.82) is 0 Å². The molecular weight excluding hydrogens is 467 g/mol. The van der Waals surface area contributed by atoms with Gasteiger partial charge in [0.2, 0.25) is 10.0 Å². The van der Waals surface area contributed by atoms with E-state index in [1.807, 2.05) is 0 Å². The first-order chi connectivity index (χ1) is 14.9. The smallest absolute Gasteiger partial charge is 0.394 e. The summed E-state index contributed by atoms with van der Waals surface area (Å²) < 4.78 is 49.6. The summed E-state index contributed by atoms with van der Waals surface area (Å²) in [5, 5.41) is 30.9. The number of benzene rings is 2. The number of nitrogens with zero attached hydrogens (tertiary/aromatic N) is 1. The van der Waals surface area contributed by atoms with Crippen LogP contribution in [0.4, 0.5) is 5.69 Å². The van der Waals surface area contributed by atoms with Crippen molar-refractivity contribution in [2.75, 3.05) is 25.6 Å². The molecule has 0 spiro atoms. The molecule has 1 saturated heterocycles. The van der Waals surface area contributed by atoms with Crippen molar-refractivity contribution in [3.05, 3.63) is 36.4 Å². The van der Waals surface area contributed by atoms with Crippen LogP contribution in [0.25, 0.3) is 10.8 Å². The molecule has 0 aliphatic carbocycles. The summed E-state index contributed by atoms with van der Waals surface area (Å²) in [4.78, 5) is 20.0. The minimum atomic E-state index is -5.19. The molecule has 0 amide bonds. The van der Waals surface area contributed by atoms with Crippen molar-refractivity contribution >= 4 is 34.3 Å². The van der Waals surface area contributed by atoms with Crippen LogP contribution in [0.15, 0.2) is 41.3 Å². The van der Waals surface area contributed by atoms with Crippen LogP contribution in [-0.4, -0.2) is 84.9 Å². The van der Waals surface area contributed by atoms with E-state index in [2.05, 4.69) is 9.25 Å². The van der Waals surface area contributed by atoms with Gasteiger partial charge in [-0.25, -0.2) is 17.7 Å². The van der Waals surface area contributed by atoms with Crippen LogP contribution in [0.3, 0.4) is 0 Å². The zero-order valence-corrected chi connectivity index (χ0v) is 18.8. The fourth-order valence-electron chi connectivity index (χ4n) is 3.56. The summed E-state index contributed by atoms with van der Waals surface area (Å²) in [6.45, 7) is -0.810. The number of hydrogen-bond donors (Lipinski definition) is 6. The maximum Gasteiger partial charge on any atom is 0.471 e. The van der Waals surface area contributed by atoms with E-state index in [0.29, 0.717) is 10.8 Å². The Kier molecular flexibility index (Phi) is 7.27. The Balaban J connectivity index is 2.03. The van der Waals surface area contributed by atoms with E-state index in [9.17, 15) is 28.3 Å². The first kappa shape index (κ1) is 25.0. The van der Waals surface area contributed by atoms with Crippen LogP contribution in [0.1, 0.15) is 0 Å². The van der Waals surface area contributed by atoms with Gasteiger partial charge in [0.15, 0.2) is 6.29 Å². The second-order valence-electron chi connectivity index (χ2n) is 7.47. The number of sulfonamides is 1. The van der Waals surface area contributed by atoms with Crippen molar-refractivity contribution in [1.82, 2.24) is 4.72 Å². The minimum absolute atomic E-state index is 0.167. The summed E-state index contributed by atoms with van der Waals surface area (Å²) in [6.07, 6.45) is -7.10. The van der Waals surface area contributed by atoms with Crippen molar-refractivity contribution in [3.63, 3.8) is 0 Å². The van der Waals surface area contributed by atoms with E-state index < -0.39 is 55.1 Å². The van der Waals surface area contributed by atoms with E-state index in [0.717, 1.165) is 5.69 Å². The fourth-order valence-corrected chi connectivity index (χ4v) is 5.48. The molecule has 0 bridgehead atoms. The molecule has 0 aromatic heterocycles. The Labute approximate surface area is 184 Å². The largest absolute Gasteiger partial charge is 0.471 e. The zero-order valence-electron chi connectivity index (χ0n) is 17.1. The Morgan fingerprint density at radius 3 is 2.31 bits per heavy atom. The van der Waals surface area contributed by atoms with Crippen molar-refractivity contribution in [3.8, 4) is 0 Å². The number of anilines is 1. The van der Waals surface area contributed by atoms with Gasteiger partial charge in [-0.3, -0.25) is 4.52 Å². The number of phosphoric acid groups is 1. The lowest BCUT2D eigenvalue weighted by molar-refractivity contribution is -0.245. The monoisotopic (exact) mass is 492 g/mol. The predicted molar refractivity (Wildman–Crippen MR) is 113 cm³/mol. The van der Waals surface area contributed by atoms with Gasteiger partial charge in [-0.15, -0.1) is 0 Å². The lowest BCUT2D eigenvalue weighted by Gasteiger charge is -2.41. The number of hydrogen-bond acceptors (Lipinski definition) is 9. The highest BCUT2D eigenvalue weighted by molar-refractivity contribution is 7.89. The fraction of sp³-hybridized carbons (Fsp3) is 0.444. The SMILES string of the molecule is CN(C)c1cccc2c(S(=O)(=O)N[C@H]3[C@@H](OP(=O)(O)O)O[C@H](CO)[C@@H](O)[C@@H]3O)cccc12. The summed E-state index contributed by atoms with van der Waals surface area (Å²) in [7, 11) is -6.00. The first-order valence-electron chi connectivity index (χ1n) is 9.43. The van der Waals surface area contributed by atoms with Gasteiger partial charge in [-0.1, -0.05) is 24.3 Å². The lowest BCUT2D eigenvalue weighted by Crippen LogP contribution is -2.64. The van der Waals surface area contributed by atoms with Gasteiger partial charge in [0.25, 0.3) is 0 Å². The highest BCUT2D eigenvalue weighted by atomic mass is 32.2. The van der Waals surface area contributed by atoms with E-state index in [1.165, 1.54) is 12.1 Å². The third kappa shape index (κ3) is 5.13. The molecule has 32 heavy (non-hydrogen) atoms. The Morgan fingerprint density at radius 2 is 1.72 bits per heavy atom. The average Bonchev–Trinajstić information content (AvgIpc) is 2.71. The Morgan fingerprint density at radius 1 is 1.09 bits per heavy atom. The standard InChI is InChI=1S/C18H25N2O10PS/c1-20(2)12-7-3-6-11-10(12)5-4-8-14(11)32(27,28)19-15-17(23)16(22)13(9-21)29-18(15)30-31(24,25)26/h3-8,13,15-19,21-23H,9H2,1-2H3,(H2,24,25,26)/t13-,15-,16-,17-,18-/m1/s1. The second-order valence-corrected chi connectivity index (χ2v) is 10.3. The maximum atomic E-state index is 13.2. The second kappa shape index (κ2) is 9.31. The number of phosphoric ester groups is 1. The van der Waals surface area contributed by atoms with Crippen LogP contribution in [0.2, 0.25) is 0 Å². The van der Waals surface area contributed by atoms with Gasteiger partial charge in [-0.05, 0) is 12.1 Å². The highest BCUT2D eigenvalue weighted by Crippen LogP contribution is 2.41. The lowest BCUT2D eigenvalue weighted by atomic mass is 9.98. The molecule has 1 fully saturated rings. The van der Waals surface area contributed by atoms with Crippen molar-refractivity contribution in [2.45, 2.75) is 35.5 Å². The topological polar surface area (TPSA) is 186 Å². The Bertz CT molecular complexity index is 1120. The third-order valence-corrected chi connectivity index (χ3v) is 7.04. The summed E-state index contributed by atoms with van der Waals surface area (Å²) in [6, 6.07) is 7.86. The number of aliphatic hydroxyl groups excluding tert-OH is 3. The molecule has 3 rings (SSSR count). The summed E-state index contributed by atoms with van der Waals surface area (Å²) in [5.41, 5.74) is 0.754. The molecule has 1 aliphatic rings. The third-order valence-electron chi connectivity index (χ3n) is 5.04. The van der Waals surface area contributed by atoms with Gasteiger partial charge in [0, 0.05) is 30.6 Å². The van der Waals surface area contributed by atoms with Gasteiger partial charge in [0.1, 0.15) is 24.4 Å². The van der Waals surface area contributed by atoms with Crippen LogP contribution in [-0.2, 0) is 23.8 Å². The van der Waals surface area contributed by atoms with Crippen LogP contribution < -0.4 is 9.62 Å². The quantitative estimate of drug-likeness (QED) is 0.263. The zero-order chi connectivity index (χ0) is 23.8. The van der Waals surface area contributed by atoms with Gasteiger partial charge < -0.3 is 34.7 Å². The molecule has 5 atom stereocenters. The molecule has 14 heteroatoms. The predicted octanol–water partition coefficient (Wildman–Crippen LogP) is -0.899. The average molecular weight is 492 g/mol. The van der Waals surface area contributed by atoms with E-state index in [4.69, 9.17) is 14.5 Å². The maximum absolute atomic E-state index is 13.2. The van der Waals surface area contributed by atoms with Crippen molar-refractivity contribution in [2.24, 2.45) is 0 Å². The molecule has 0 unspecified atom stereocenters. The van der Waals surface area contributed by atoms with Crippen molar-refractivity contribution < 1.29 is 47.3 Å². The summed E-state index contributed by atoms with van der Waals surface area (Å²) >= 11 is 0. The molecular formula is C18H25N2O10PS. The van der Waals surface area contributed by atoms with E-state index >= 15 is 0 Å². The molecule has 1 heterocycles. The molecule has 2 aromatic rings. The van der Waals surface area contributed by atoms with Crippen LogP contribution in [0, 0.1) is 0 Å².